The number of esters is 1. The second kappa shape index (κ2) is 7.27. The second-order valence-corrected chi connectivity index (χ2v) is 3.70. The Hall–Kier alpha value is -2.10. The Bertz CT molecular complexity index is 426. The average Bonchev–Trinajstić information content (AvgIpc) is 2.39. The highest BCUT2D eigenvalue weighted by molar-refractivity contribution is 5.94. The van der Waals surface area contributed by atoms with Crippen LogP contribution in [0, 0.1) is 0 Å². The Morgan fingerprint density at radius 2 is 1.94 bits per heavy atom. The number of carbonyl (C=O) groups excluding carboxylic acids is 2. The normalized spacial score (nSPS) is 9.61. The molecule has 0 aliphatic carbocycles. The van der Waals surface area contributed by atoms with Crippen molar-refractivity contribution in [2.45, 2.75) is 13.3 Å². The molecule has 0 unspecified atom stereocenters. The Morgan fingerprint density at radius 3 is 2.56 bits per heavy atom. The zero-order valence-corrected chi connectivity index (χ0v) is 10.4. The molecule has 1 N–H and O–H groups in total. The Morgan fingerprint density at radius 1 is 1.28 bits per heavy atom. The second-order valence-electron chi connectivity index (χ2n) is 3.70. The topological polar surface area (TPSA) is 55.4 Å². The molecule has 0 saturated heterocycles. The van der Waals surface area contributed by atoms with Crippen molar-refractivity contribution >= 4 is 11.9 Å². The van der Waals surface area contributed by atoms with Gasteiger partial charge < -0.3 is 10.1 Å². The lowest BCUT2D eigenvalue weighted by molar-refractivity contribution is -0.138. The highest BCUT2D eigenvalue weighted by atomic mass is 16.5. The summed E-state index contributed by atoms with van der Waals surface area (Å²) in [6.07, 6.45) is 0.386. The van der Waals surface area contributed by atoms with Crippen molar-refractivity contribution in [2.75, 3.05) is 13.2 Å². The first-order valence-electron chi connectivity index (χ1n) is 5.83. The van der Waals surface area contributed by atoms with Crippen LogP contribution in [0.4, 0.5) is 0 Å². The van der Waals surface area contributed by atoms with Gasteiger partial charge in [-0.05, 0) is 25.5 Å². The van der Waals surface area contributed by atoms with Gasteiger partial charge in [-0.1, -0.05) is 24.8 Å². The summed E-state index contributed by atoms with van der Waals surface area (Å²) in [7, 11) is 0. The molecule has 0 heterocycles. The minimum Gasteiger partial charge on any atom is -0.463 e. The van der Waals surface area contributed by atoms with Crippen LogP contribution < -0.4 is 5.32 Å². The molecule has 96 valence electrons. The summed E-state index contributed by atoms with van der Waals surface area (Å²) in [6.45, 7) is 6.05. The van der Waals surface area contributed by atoms with Crippen LogP contribution in [-0.2, 0) is 9.53 Å². The molecule has 0 aromatic heterocycles. The van der Waals surface area contributed by atoms with E-state index in [4.69, 9.17) is 4.74 Å². The largest absolute Gasteiger partial charge is 0.463 e. The first-order valence-corrected chi connectivity index (χ1v) is 5.83. The van der Waals surface area contributed by atoms with Gasteiger partial charge in [-0.15, -0.1) is 0 Å². The van der Waals surface area contributed by atoms with Crippen LogP contribution in [0.5, 0.6) is 0 Å². The molecule has 1 aromatic rings. The molecule has 1 aromatic carbocycles. The highest BCUT2D eigenvalue weighted by Crippen LogP contribution is 2.01. The zero-order chi connectivity index (χ0) is 13.4. The van der Waals surface area contributed by atoms with Gasteiger partial charge >= 0.3 is 5.97 Å². The number of hydrogen-bond donors (Lipinski definition) is 1. The summed E-state index contributed by atoms with van der Waals surface area (Å²) in [5.41, 5.74) is 0.962. The van der Waals surface area contributed by atoms with Gasteiger partial charge in [0.1, 0.15) is 0 Å². The third kappa shape index (κ3) is 4.41. The van der Waals surface area contributed by atoms with E-state index in [1.165, 1.54) is 0 Å². The van der Waals surface area contributed by atoms with Gasteiger partial charge in [0.15, 0.2) is 0 Å². The van der Waals surface area contributed by atoms with Crippen LogP contribution in [0.25, 0.3) is 0 Å². The summed E-state index contributed by atoms with van der Waals surface area (Å²) in [5, 5.41) is 2.72. The van der Waals surface area contributed by atoms with Crippen molar-refractivity contribution in [1.82, 2.24) is 5.32 Å². The van der Waals surface area contributed by atoms with E-state index in [1.54, 1.807) is 31.2 Å². The van der Waals surface area contributed by atoms with Crippen LogP contribution >= 0.6 is 0 Å². The van der Waals surface area contributed by atoms with E-state index >= 15 is 0 Å². The van der Waals surface area contributed by atoms with E-state index in [9.17, 15) is 9.59 Å². The minimum absolute atomic E-state index is 0.160. The molecule has 18 heavy (non-hydrogen) atoms. The van der Waals surface area contributed by atoms with Crippen LogP contribution in [0.1, 0.15) is 23.7 Å². The van der Waals surface area contributed by atoms with Crippen LogP contribution in [-0.4, -0.2) is 25.0 Å². The summed E-state index contributed by atoms with van der Waals surface area (Å²) in [6, 6.07) is 8.91. The predicted molar refractivity (Wildman–Crippen MR) is 69.2 cm³/mol. The maximum Gasteiger partial charge on any atom is 0.333 e. The van der Waals surface area contributed by atoms with Crippen molar-refractivity contribution in [3.8, 4) is 0 Å². The molecule has 0 bridgehead atoms. The highest BCUT2D eigenvalue weighted by Gasteiger charge is 2.08. The summed E-state index contributed by atoms with van der Waals surface area (Å²) in [5.74, 6) is -0.571. The van der Waals surface area contributed by atoms with Crippen molar-refractivity contribution in [3.05, 3.63) is 48.0 Å². The summed E-state index contributed by atoms with van der Waals surface area (Å²) < 4.78 is 4.79. The maximum atomic E-state index is 11.7. The molecule has 0 spiro atoms. The van der Waals surface area contributed by atoms with E-state index in [-0.39, 0.29) is 5.91 Å². The van der Waals surface area contributed by atoms with Gasteiger partial charge in [0, 0.05) is 17.7 Å². The number of hydrogen-bond acceptors (Lipinski definition) is 3. The number of nitrogens with one attached hydrogen (secondary N) is 1. The van der Waals surface area contributed by atoms with Crippen molar-refractivity contribution in [2.24, 2.45) is 0 Å². The number of ether oxygens (including phenoxy) is 1. The quantitative estimate of drug-likeness (QED) is 0.617. The van der Waals surface area contributed by atoms with Crippen LogP contribution in [0.3, 0.4) is 0 Å². The standard InChI is InChI=1S/C14H17NO3/c1-3-18-14(17)11(2)9-10-15-13(16)12-7-5-4-6-8-12/h4-8H,2-3,9-10H2,1H3,(H,15,16). The molecular formula is C14H17NO3. The van der Waals surface area contributed by atoms with E-state index in [2.05, 4.69) is 11.9 Å². The molecule has 1 rings (SSSR count). The lowest BCUT2D eigenvalue weighted by Crippen LogP contribution is -2.25. The van der Waals surface area contributed by atoms with Gasteiger partial charge in [-0.25, -0.2) is 4.79 Å². The van der Waals surface area contributed by atoms with Gasteiger partial charge in [0.05, 0.1) is 6.61 Å². The molecule has 0 aliphatic rings. The van der Waals surface area contributed by atoms with Crippen LogP contribution in [0.2, 0.25) is 0 Å². The zero-order valence-electron chi connectivity index (χ0n) is 10.4. The summed E-state index contributed by atoms with van der Waals surface area (Å²) >= 11 is 0. The average molecular weight is 247 g/mol. The third-order valence-corrected chi connectivity index (χ3v) is 2.31. The lowest BCUT2D eigenvalue weighted by Gasteiger charge is -2.07. The Labute approximate surface area is 107 Å². The Kier molecular flexibility index (Phi) is 5.64. The molecule has 0 saturated carbocycles. The van der Waals surface area contributed by atoms with Crippen molar-refractivity contribution in [1.29, 1.82) is 0 Å². The monoisotopic (exact) mass is 247 g/mol. The van der Waals surface area contributed by atoms with E-state index < -0.39 is 5.97 Å². The van der Waals surface area contributed by atoms with Gasteiger partial charge in [0.25, 0.3) is 5.91 Å². The fourth-order valence-corrected chi connectivity index (χ4v) is 1.35. The maximum absolute atomic E-state index is 11.7. The van der Waals surface area contributed by atoms with E-state index in [0.717, 1.165) is 0 Å². The van der Waals surface area contributed by atoms with E-state index in [1.807, 2.05) is 6.07 Å². The molecular weight excluding hydrogens is 230 g/mol. The Balaban J connectivity index is 2.32. The fourth-order valence-electron chi connectivity index (χ4n) is 1.35. The number of rotatable bonds is 6. The van der Waals surface area contributed by atoms with Crippen molar-refractivity contribution in [3.63, 3.8) is 0 Å². The molecule has 4 heteroatoms. The molecule has 1 amide bonds. The molecule has 0 atom stereocenters. The first-order chi connectivity index (χ1) is 8.65. The molecule has 0 radical (unpaired) electrons. The summed E-state index contributed by atoms with van der Waals surface area (Å²) in [4.78, 5) is 22.9. The third-order valence-electron chi connectivity index (χ3n) is 2.31. The SMILES string of the molecule is C=C(CCNC(=O)c1ccccc1)C(=O)OCC. The van der Waals surface area contributed by atoms with Gasteiger partial charge in [-0.2, -0.15) is 0 Å². The molecule has 0 aliphatic heterocycles. The molecule has 4 nitrogen and oxygen atoms in total. The van der Waals surface area contributed by atoms with Gasteiger partial charge in [0.2, 0.25) is 0 Å². The van der Waals surface area contributed by atoms with E-state index in [0.29, 0.717) is 30.7 Å². The number of benzene rings is 1. The number of carbonyl (C=O) groups is 2. The first kappa shape index (κ1) is 14.0. The molecule has 0 fully saturated rings. The lowest BCUT2D eigenvalue weighted by atomic mass is 10.2. The van der Waals surface area contributed by atoms with Crippen molar-refractivity contribution < 1.29 is 14.3 Å². The predicted octanol–water partition coefficient (Wildman–Crippen LogP) is 1.93. The fraction of sp³-hybridized carbons (Fsp3) is 0.286. The van der Waals surface area contributed by atoms with Crippen LogP contribution in [0.15, 0.2) is 42.5 Å². The van der Waals surface area contributed by atoms with Gasteiger partial charge in [-0.3, -0.25) is 4.79 Å². The number of amides is 1. The smallest absolute Gasteiger partial charge is 0.333 e. The minimum atomic E-state index is -0.411.